The second kappa shape index (κ2) is 8.61. The molecule has 2 nitrogen and oxygen atoms in total. The van der Waals surface area contributed by atoms with E-state index in [1.165, 1.54) is 64.7 Å². The van der Waals surface area contributed by atoms with Crippen LogP contribution in [0.15, 0.2) is 40.4 Å². The average molecular weight is 591 g/mol. The summed E-state index contributed by atoms with van der Waals surface area (Å²) in [7, 11) is -2.98. The van der Waals surface area contributed by atoms with Gasteiger partial charge < -0.3 is 0 Å². The van der Waals surface area contributed by atoms with Crippen LogP contribution in [0.3, 0.4) is 0 Å². The normalized spacial score (nSPS) is 24.8. The fraction of sp³-hybridized carbons (Fsp3) is 0.667. The van der Waals surface area contributed by atoms with Crippen molar-refractivity contribution in [2.75, 3.05) is 26.2 Å². The van der Waals surface area contributed by atoms with Gasteiger partial charge >= 0.3 is 194 Å². The molecule has 158 valence electrons. The predicted molar refractivity (Wildman–Crippen MR) is 127 cm³/mol. The zero-order valence-corrected chi connectivity index (χ0v) is 25.2. The summed E-state index contributed by atoms with van der Waals surface area (Å²) in [4.78, 5) is 0. The molecule has 29 heavy (non-hydrogen) atoms. The zero-order chi connectivity index (χ0) is 20.8. The molecule has 0 aromatic heterocycles. The Labute approximate surface area is 192 Å². The van der Waals surface area contributed by atoms with E-state index in [0.717, 1.165) is 0 Å². The molecule has 2 aliphatic carbocycles. The molecule has 0 aromatic rings. The van der Waals surface area contributed by atoms with Gasteiger partial charge in [-0.3, -0.25) is 0 Å². The summed E-state index contributed by atoms with van der Waals surface area (Å²) in [6.45, 7) is 20.8. The van der Waals surface area contributed by atoms with Gasteiger partial charge in [0.15, 0.2) is 0 Å². The van der Waals surface area contributed by atoms with E-state index in [-0.39, 0.29) is 0 Å². The molecule has 0 unspecified atom stereocenters. The van der Waals surface area contributed by atoms with E-state index < -0.39 is 39.4 Å². The van der Waals surface area contributed by atoms with Crippen LogP contribution in [0.4, 0.5) is 0 Å². The van der Waals surface area contributed by atoms with Crippen molar-refractivity contribution in [2.24, 2.45) is 0 Å². The predicted octanol–water partition coefficient (Wildman–Crippen LogP) is 5.96. The second-order valence-electron chi connectivity index (χ2n) is 10.5. The van der Waals surface area contributed by atoms with E-state index in [1.807, 2.05) is 17.1 Å². The summed E-state index contributed by atoms with van der Waals surface area (Å²) in [5, 5.41) is 3.78. The van der Waals surface area contributed by atoms with Gasteiger partial charge in [0, 0.05) is 0 Å². The van der Waals surface area contributed by atoms with Crippen LogP contribution in [0.1, 0.15) is 52.4 Å². The van der Waals surface area contributed by atoms with Crippen molar-refractivity contribution in [1.82, 2.24) is 9.13 Å². The summed E-state index contributed by atoms with van der Waals surface area (Å²) in [5.41, 5.74) is 3.30. The van der Waals surface area contributed by atoms with Crippen LogP contribution in [0.25, 0.3) is 0 Å². The molecule has 0 radical (unpaired) electrons. The Morgan fingerprint density at radius 2 is 1.00 bits per heavy atom. The van der Waals surface area contributed by atoms with E-state index in [1.54, 1.807) is 11.1 Å². The molecule has 2 saturated heterocycles. The molecule has 5 heteroatoms. The topological polar surface area (TPSA) is 6.48 Å². The third-order valence-corrected chi connectivity index (χ3v) is 23.1. The molecular weight excluding hydrogens is 551 g/mol. The second-order valence-corrected chi connectivity index (χ2v) is 24.3. The summed E-state index contributed by atoms with van der Waals surface area (Å²) in [5.74, 6) is 0. The molecule has 0 N–H and O–H groups in total. The standard InChI is InChI=1S/2C12H20NSi.Hf/c2*1-11-7-6-8-12(11)14(2,3)13-9-4-5-10-13;/h2*7H,4-6,9-10H2,1-3H3;. The van der Waals surface area contributed by atoms with E-state index in [9.17, 15) is 0 Å². The van der Waals surface area contributed by atoms with Gasteiger partial charge in [-0.05, 0) is 0 Å². The van der Waals surface area contributed by atoms with Crippen LogP contribution in [0.2, 0.25) is 26.2 Å². The Morgan fingerprint density at radius 3 is 1.34 bits per heavy atom. The van der Waals surface area contributed by atoms with Gasteiger partial charge in [-0.1, -0.05) is 0 Å². The average Bonchev–Trinajstić information content (AvgIpc) is 3.43. The Morgan fingerprint density at radius 1 is 0.655 bits per heavy atom. The molecule has 0 spiro atoms. The van der Waals surface area contributed by atoms with Crippen LogP contribution in [-0.2, 0) is 22.9 Å². The Kier molecular flexibility index (Phi) is 6.64. The van der Waals surface area contributed by atoms with Crippen LogP contribution in [0, 0.1) is 0 Å². The number of rotatable bonds is 6. The Hall–Kier alpha value is 0.184. The van der Waals surface area contributed by atoms with Gasteiger partial charge in [0.1, 0.15) is 0 Å². The molecule has 0 amide bonds. The first-order valence-corrected chi connectivity index (χ1v) is 21.3. The Balaban J connectivity index is 1.67. The minimum absolute atomic E-state index is 0.966. The first-order chi connectivity index (χ1) is 13.7. The zero-order valence-electron chi connectivity index (χ0n) is 19.6. The monoisotopic (exact) mass is 592 g/mol. The third-order valence-electron chi connectivity index (χ3n) is 7.94. The van der Waals surface area contributed by atoms with Gasteiger partial charge in [0.05, 0.1) is 0 Å². The fourth-order valence-electron chi connectivity index (χ4n) is 6.38. The van der Waals surface area contributed by atoms with E-state index in [4.69, 9.17) is 0 Å². The molecule has 4 aliphatic rings. The molecule has 2 fully saturated rings. The third kappa shape index (κ3) is 4.16. The van der Waals surface area contributed by atoms with Crippen molar-refractivity contribution in [1.29, 1.82) is 0 Å². The number of allylic oxidation sites excluding steroid dienone is 8. The molecular formula is C24H40HfN2Si2. The van der Waals surface area contributed by atoms with Gasteiger partial charge in [-0.25, -0.2) is 0 Å². The van der Waals surface area contributed by atoms with Crippen LogP contribution in [-0.4, -0.2) is 51.8 Å². The number of nitrogens with zero attached hydrogens (tertiary/aromatic N) is 2. The molecule has 0 aromatic carbocycles. The van der Waals surface area contributed by atoms with Crippen molar-refractivity contribution >= 4 is 16.5 Å². The van der Waals surface area contributed by atoms with Crippen molar-refractivity contribution in [2.45, 2.75) is 78.6 Å². The van der Waals surface area contributed by atoms with Crippen LogP contribution in [0.5, 0.6) is 0 Å². The first-order valence-electron chi connectivity index (χ1n) is 11.8. The summed E-state index contributed by atoms with van der Waals surface area (Å²) in [6.07, 6.45) is 13.4. The quantitative estimate of drug-likeness (QED) is 0.352. The summed E-state index contributed by atoms with van der Waals surface area (Å²) < 4.78 is 9.75. The van der Waals surface area contributed by atoms with Crippen molar-refractivity contribution < 1.29 is 22.9 Å². The van der Waals surface area contributed by atoms with Crippen LogP contribution < -0.4 is 0 Å². The Bertz CT molecular complexity index is 726. The van der Waals surface area contributed by atoms with Crippen molar-refractivity contribution in [3.8, 4) is 0 Å². The SMILES string of the molecule is CC1=CC[C]([Hf][C]2=C([Si](C)(C)N3CCCC3)C(C)=CC2)=C1[Si](C)(C)N1CCCC1. The first kappa shape index (κ1) is 22.4. The van der Waals surface area contributed by atoms with Crippen molar-refractivity contribution in [3.05, 3.63) is 40.4 Å². The number of hydrogen-bond acceptors (Lipinski definition) is 2. The fourth-order valence-corrected chi connectivity index (χ4v) is 26.4. The molecule has 0 bridgehead atoms. The van der Waals surface area contributed by atoms with E-state index in [2.05, 4.69) is 61.3 Å². The molecule has 4 rings (SSSR count). The van der Waals surface area contributed by atoms with Gasteiger partial charge in [-0.2, -0.15) is 0 Å². The van der Waals surface area contributed by atoms with Gasteiger partial charge in [0.2, 0.25) is 0 Å². The maximum atomic E-state index is 2.91. The number of hydrogen-bond donors (Lipinski definition) is 0. The minimum atomic E-state index is -1.49. The van der Waals surface area contributed by atoms with E-state index >= 15 is 0 Å². The maximum absolute atomic E-state index is 2.91. The van der Waals surface area contributed by atoms with E-state index in [0.29, 0.717) is 0 Å². The molecule has 2 aliphatic heterocycles. The van der Waals surface area contributed by atoms with Gasteiger partial charge in [-0.15, -0.1) is 0 Å². The summed E-state index contributed by atoms with van der Waals surface area (Å²) >= 11 is -0.966. The van der Waals surface area contributed by atoms with Crippen LogP contribution >= 0.6 is 0 Å². The molecule has 2 heterocycles. The van der Waals surface area contributed by atoms with Gasteiger partial charge in [0.25, 0.3) is 0 Å². The summed E-state index contributed by atoms with van der Waals surface area (Å²) in [6, 6.07) is 0. The van der Waals surface area contributed by atoms with Crippen molar-refractivity contribution in [3.63, 3.8) is 0 Å². The molecule has 0 atom stereocenters. The molecule has 0 saturated carbocycles.